The first-order valence-electron chi connectivity index (χ1n) is 6.35. The zero-order valence-corrected chi connectivity index (χ0v) is 10.7. The van der Waals surface area contributed by atoms with Gasteiger partial charge in [0.2, 0.25) is 0 Å². The van der Waals surface area contributed by atoms with Crippen LogP contribution < -0.4 is 5.32 Å². The van der Waals surface area contributed by atoms with Crippen molar-refractivity contribution in [1.29, 1.82) is 0 Å². The summed E-state index contributed by atoms with van der Waals surface area (Å²) in [5.74, 6) is 0.822. The highest BCUT2D eigenvalue weighted by Crippen LogP contribution is 2.32. The summed E-state index contributed by atoms with van der Waals surface area (Å²) in [6, 6.07) is 0.540. The summed E-state index contributed by atoms with van der Waals surface area (Å²) in [4.78, 5) is 0. The average Bonchev–Trinajstić information content (AvgIpc) is 2.40. The molecule has 1 saturated heterocycles. The monoisotopic (exact) mass is 229 g/mol. The lowest BCUT2D eigenvalue weighted by molar-refractivity contribution is 0.296. The third-order valence-electron chi connectivity index (χ3n) is 4.13. The second kappa shape index (κ2) is 4.96. The topological polar surface area (TPSA) is 29.1 Å². The molecule has 0 bridgehead atoms. The SMILES string of the molecule is CCC1CCC2NCCC(C)S(=O)C2C1. The lowest BCUT2D eigenvalue weighted by Gasteiger charge is -2.34. The van der Waals surface area contributed by atoms with Gasteiger partial charge in [-0.3, -0.25) is 4.21 Å². The molecule has 2 nitrogen and oxygen atoms in total. The molecule has 0 aromatic heterocycles. The van der Waals surface area contributed by atoms with Crippen LogP contribution in [-0.4, -0.2) is 27.3 Å². The smallest absolute Gasteiger partial charge is 0.0506 e. The molecule has 5 unspecified atom stereocenters. The predicted molar refractivity (Wildman–Crippen MR) is 65.4 cm³/mol. The van der Waals surface area contributed by atoms with Crippen LogP contribution in [0.25, 0.3) is 0 Å². The van der Waals surface area contributed by atoms with Gasteiger partial charge < -0.3 is 5.32 Å². The zero-order valence-electron chi connectivity index (χ0n) is 9.87. The first-order valence-corrected chi connectivity index (χ1v) is 7.62. The normalized spacial score (nSPS) is 46.9. The van der Waals surface area contributed by atoms with Gasteiger partial charge in [0.15, 0.2) is 0 Å². The van der Waals surface area contributed by atoms with Gasteiger partial charge in [-0.15, -0.1) is 0 Å². The maximum Gasteiger partial charge on any atom is 0.0506 e. The molecule has 0 aromatic carbocycles. The van der Waals surface area contributed by atoms with Crippen LogP contribution in [-0.2, 0) is 10.8 Å². The number of rotatable bonds is 1. The van der Waals surface area contributed by atoms with Crippen molar-refractivity contribution < 1.29 is 4.21 Å². The standard InChI is InChI=1S/C12H23NOS/c1-3-10-4-5-11-12(8-10)15(14)9(2)6-7-13-11/h9-13H,3-8H2,1-2H3. The molecule has 88 valence electrons. The van der Waals surface area contributed by atoms with Crippen molar-refractivity contribution in [3.63, 3.8) is 0 Å². The Morgan fingerprint density at radius 1 is 1.33 bits per heavy atom. The van der Waals surface area contributed by atoms with Gasteiger partial charge in [-0.25, -0.2) is 0 Å². The van der Waals surface area contributed by atoms with E-state index in [9.17, 15) is 4.21 Å². The molecule has 1 heterocycles. The van der Waals surface area contributed by atoms with Crippen LogP contribution in [0.2, 0.25) is 0 Å². The summed E-state index contributed by atoms with van der Waals surface area (Å²) in [6.45, 7) is 5.47. The first kappa shape index (κ1) is 11.6. The molecular weight excluding hydrogens is 206 g/mol. The van der Waals surface area contributed by atoms with E-state index in [1.165, 1.54) is 25.7 Å². The molecule has 2 aliphatic rings. The van der Waals surface area contributed by atoms with E-state index >= 15 is 0 Å². The van der Waals surface area contributed by atoms with Gasteiger partial charge in [-0.1, -0.05) is 20.3 Å². The van der Waals surface area contributed by atoms with E-state index in [1.807, 2.05) is 0 Å². The van der Waals surface area contributed by atoms with Gasteiger partial charge in [0.05, 0.1) is 5.25 Å². The summed E-state index contributed by atoms with van der Waals surface area (Å²) in [6.07, 6.45) is 6.09. The largest absolute Gasteiger partial charge is 0.313 e. The molecule has 2 fully saturated rings. The third kappa shape index (κ3) is 2.44. The number of nitrogens with one attached hydrogen (secondary N) is 1. The lowest BCUT2D eigenvalue weighted by atomic mass is 9.84. The fourth-order valence-corrected chi connectivity index (χ4v) is 4.92. The van der Waals surface area contributed by atoms with E-state index in [0.717, 1.165) is 18.9 Å². The van der Waals surface area contributed by atoms with Crippen molar-refractivity contribution in [3.05, 3.63) is 0 Å². The van der Waals surface area contributed by atoms with Gasteiger partial charge in [-0.05, 0) is 38.1 Å². The molecule has 2 rings (SSSR count). The minimum absolute atomic E-state index is 0.392. The highest BCUT2D eigenvalue weighted by Gasteiger charge is 2.37. The Hall–Kier alpha value is 0.110. The Labute approximate surface area is 95.7 Å². The van der Waals surface area contributed by atoms with Gasteiger partial charge >= 0.3 is 0 Å². The first-order chi connectivity index (χ1) is 7.22. The molecule has 0 spiro atoms. The minimum atomic E-state index is -0.604. The van der Waals surface area contributed by atoms with Gasteiger partial charge in [0.1, 0.15) is 0 Å². The Morgan fingerprint density at radius 2 is 2.13 bits per heavy atom. The van der Waals surface area contributed by atoms with Crippen LogP contribution in [0.3, 0.4) is 0 Å². The Balaban J connectivity index is 2.08. The molecule has 0 aromatic rings. The molecule has 1 aliphatic carbocycles. The molecule has 0 amide bonds. The highest BCUT2D eigenvalue weighted by molar-refractivity contribution is 7.86. The highest BCUT2D eigenvalue weighted by atomic mass is 32.2. The summed E-state index contributed by atoms with van der Waals surface area (Å²) < 4.78 is 12.3. The minimum Gasteiger partial charge on any atom is -0.313 e. The maximum absolute atomic E-state index is 12.3. The fraction of sp³-hybridized carbons (Fsp3) is 1.00. The van der Waals surface area contributed by atoms with Crippen molar-refractivity contribution in [3.8, 4) is 0 Å². The zero-order chi connectivity index (χ0) is 10.8. The molecular formula is C12H23NOS. The number of hydrogen-bond acceptors (Lipinski definition) is 2. The molecule has 1 aliphatic heterocycles. The van der Waals surface area contributed by atoms with E-state index in [2.05, 4.69) is 19.2 Å². The van der Waals surface area contributed by atoms with Crippen LogP contribution >= 0.6 is 0 Å². The average molecular weight is 229 g/mol. The van der Waals surface area contributed by atoms with Crippen LogP contribution in [0.15, 0.2) is 0 Å². The Morgan fingerprint density at radius 3 is 2.87 bits per heavy atom. The van der Waals surface area contributed by atoms with E-state index < -0.39 is 10.8 Å². The fourth-order valence-electron chi connectivity index (χ4n) is 2.96. The van der Waals surface area contributed by atoms with Gasteiger partial charge in [0.25, 0.3) is 0 Å². The van der Waals surface area contributed by atoms with Gasteiger partial charge in [0, 0.05) is 22.1 Å². The molecule has 15 heavy (non-hydrogen) atoms. The van der Waals surface area contributed by atoms with Crippen LogP contribution in [0.4, 0.5) is 0 Å². The summed E-state index contributed by atoms with van der Waals surface area (Å²) >= 11 is 0. The van der Waals surface area contributed by atoms with Crippen LogP contribution in [0, 0.1) is 5.92 Å². The van der Waals surface area contributed by atoms with E-state index in [4.69, 9.17) is 0 Å². The lowest BCUT2D eigenvalue weighted by Crippen LogP contribution is -2.45. The predicted octanol–water partition coefficient (Wildman–Crippen LogP) is 2.06. The third-order valence-corrected chi connectivity index (χ3v) is 6.28. The molecule has 3 heteroatoms. The maximum atomic E-state index is 12.3. The van der Waals surface area contributed by atoms with E-state index in [-0.39, 0.29) is 0 Å². The Kier molecular flexibility index (Phi) is 3.83. The summed E-state index contributed by atoms with van der Waals surface area (Å²) in [5.41, 5.74) is 0. The number of hydrogen-bond donors (Lipinski definition) is 1. The van der Waals surface area contributed by atoms with E-state index in [1.54, 1.807) is 0 Å². The van der Waals surface area contributed by atoms with Crippen molar-refractivity contribution >= 4 is 10.8 Å². The molecule has 1 N–H and O–H groups in total. The Bertz CT molecular complexity index is 244. The molecule has 1 saturated carbocycles. The van der Waals surface area contributed by atoms with Crippen molar-refractivity contribution in [2.45, 2.75) is 62.5 Å². The van der Waals surface area contributed by atoms with Crippen LogP contribution in [0.1, 0.15) is 46.0 Å². The second-order valence-corrected chi connectivity index (χ2v) is 7.18. The molecule has 0 radical (unpaired) electrons. The van der Waals surface area contributed by atoms with Crippen molar-refractivity contribution in [2.24, 2.45) is 5.92 Å². The van der Waals surface area contributed by atoms with Crippen molar-refractivity contribution in [2.75, 3.05) is 6.54 Å². The second-order valence-electron chi connectivity index (χ2n) is 5.11. The van der Waals surface area contributed by atoms with E-state index in [0.29, 0.717) is 16.5 Å². The molecule has 5 atom stereocenters. The quantitative estimate of drug-likeness (QED) is 0.746. The van der Waals surface area contributed by atoms with Crippen LogP contribution in [0.5, 0.6) is 0 Å². The van der Waals surface area contributed by atoms with Crippen molar-refractivity contribution in [1.82, 2.24) is 5.32 Å². The number of fused-ring (bicyclic) bond motifs is 1. The summed E-state index contributed by atoms with van der Waals surface area (Å²) in [7, 11) is -0.604. The summed E-state index contributed by atoms with van der Waals surface area (Å²) in [5, 5.41) is 4.42. The van der Waals surface area contributed by atoms with Gasteiger partial charge in [-0.2, -0.15) is 0 Å².